The summed E-state index contributed by atoms with van der Waals surface area (Å²) in [7, 11) is 0. The third-order valence-electron chi connectivity index (χ3n) is 6.13. The molecule has 1 aliphatic carbocycles. The molecule has 0 radical (unpaired) electrons. The standard InChI is InChI=1S/C22H19N3O9/c26-13-5-1-3-10-17(13)16(29)8-12(23(10)32)18-15(28)7-9(22(30)31)19-21(18)25(34)20-11(24(19)33)4-2-6-14(20)27/h1-8,11-12,20,26-29,32-34H,(H,30,31). The first-order chi connectivity index (χ1) is 16.1. The van der Waals surface area contributed by atoms with Gasteiger partial charge in [-0.05, 0) is 30.4 Å². The predicted octanol–water partition coefficient (Wildman–Crippen LogP) is 2.80. The van der Waals surface area contributed by atoms with Gasteiger partial charge in [0.05, 0.1) is 22.4 Å². The highest BCUT2D eigenvalue weighted by Gasteiger charge is 2.47. The number of hydrogen-bond donors (Lipinski definition) is 8. The maximum absolute atomic E-state index is 11.9. The van der Waals surface area contributed by atoms with E-state index in [9.17, 15) is 45.9 Å². The zero-order valence-electron chi connectivity index (χ0n) is 17.2. The number of hydrogen-bond acceptors (Lipinski definition) is 11. The summed E-state index contributed by atoms with van der Waals surface area (Å²) in [5.74, 6) is -3.35. The van der Waals surface area contributed by atoms with Gasteiger partial charge in [0.2, 0.25) is 0 Å². The third-order valence-corrected chi connectivity index (χ3v) is 6.13. The summed E-state index contributed by atoms with van der Waals surface area (Å²) in [6, 6.07) is 1.15. The molecule has 3 aliphatic rings. The van der Waals surface area contributed by atoms with E-state index in [1.165, 1.54) is 36.4 Å². The molecule has 2 aromatic carbocycles. The molecule has 2 heterocycles. The van der Waals surface area contributed by atoms with Crippen molar-refractivity contribution >= 4 is 28.8 Å². The van der Waals surface area contributed by atoms with E-state index in [-0.39, 0.29) is 28.3 Å². The van der Waals surface area contributed by atoms with Crippen LogP contribution in [0.1, 0.15) is 27.5 Å². The van der Waals surface area contributed by atoms with Gasteiger partial charge in [-0.15, -0.1) is 0 Å². The fraction of sp³-hybridized carbons (Fsp3) is 0.136. The molecule has 176 valence electrons. The van der Waals surface area contributed by atoms with Gasteiger partial charge in [0, 0.05) is 0 Å². The lowest BCUT2D eigenvalue weighted by molar-refractivity contribution is 0.0692. The number of anilines is 3. The highest BCUT2D eigenvalue weighted by Crippen LogP contribution is 2.52. The van der Waals surface area contributed by atoms with Crippen LogP contribution in [0.4, 0.5) is 17.1 Å². The largest absolute Gasteiger partial charge is 0.510 e. The summed E-state index contributed by atoms with van der Waals surface area (Å²) in [5.41, 5.74) is -1.81. The Morgan fingerprint density at radius 1 is 0.912 bits per heavy atom. The van der Waals surface area contributed by atoms with Crippen LogP contribution in [0.15, 0.2) is 54.3 Å². The van der Waals surface area contributed by atoms with Crippen molar-refractivity contribution in [3.05, 3.63) is 71.0 Å². The zero-order chi connectivity index (χ0) is 24.5. The number of carboxylic acid groups (broad SMARTS) is 1. The number of phenolic OH excluding ortho intramolecular Hbond substituents is 2. The number of nitrogens with zero attached hydrogens (tertiary/aromatic N) is 3. The van der Waals surface area contributed by atoms with E-state index in [0.717, 1.165) is 12.1 Å². The van der Waals surface area contributed by atoms with Gasteiger partial charge in [-0.2, -0.15) is 0 Å². The Balaban J connectivity index is 1.79. The summed E-state index contributed by atoms with van der Waals surface area (Å²) >= 11 is 0. The minimum atomic E-state index is -1.53. The average molecular weight is 469 g/mol. The van der Waals surface area contributed by atoms with Gasteiger partial charge in [-0.25, -0.2) is 20.0 Å². The van der Waals surface area contributed by atoms with Gasteiger partial charge in [0.1, 0.15) is 52.5 Å². The maximum Gasteiger partial charge on any atom is 0.338 e. The molecule has 12 nitrogen and oxygen atoms in total. The molecule has 3 atom stereocenters. The lowest BCUT2D eigenvalue weighted by Gasteiger charge is -2.46. The molecule has 0 amide bonds. The molecule has 2 aromatic rings. The van der Waals surface area contributed by atoms with Crippen molar-refractivity contribution in [1.82, 2.24) is 0 Å². The number of aromatic hydroxyl groups is 2. The van der Waals surface area contributed by atoms with E-state index in [0.29, 0.717) is 15.2 Å². The highest BCUT2D eigenvalue weighted by atomic mass is 16.5. The molecule has 8 N–H and O–H groups in total. The van der Waals surface area contributed by atoms with Crippen LogP contribution in [0.5, 0.6) is 11.5 Å². The Morgan fingerprint density at radius 2 is 1.65 bits per heavy atom. The number of carboxylic acids is 1. The van der Waals surface area contributed by atoms with Crippen molar-refractivity contribution in [3.8, 4) is 11.5 Å². The fourth-order valence-electron chi connectivity index (χ4n) is 4.64. The highest BCUT2D eigenvalue weighted by molar-refractivity contribution is 6.01. The molecule has 0 fully saturated rings. The predicted molar refractivity (Wildman–Crippen MR) is 117 cm³/mol. The first kappa shape index (κ1) is 21.5. The molecule has 0 aromatic heterocycles. The number of rotatable bonds is 2. The van der Waals surface area contributed by atoms with Crippen LogP contribution in [0.2, 0.25) is 0 Å². The number of allylic oxidation sites excluding steroid dienone is 2. The molecule has 34 heavy (non-hydrogen) atoms. The van der Waals surface area contributed by atoms with Crippen LogP contribution < -0.4 is 15.2 Å². The topological polar surface area (TPSA) is 189 Å². The summed E-state index contributed by atoms with van der Waals surface area (Å²) < 4.78 is 0. The average Bonchev–Trinajstić information content (AvgIpc) is 2.79. The Bertz CT molecular complexity index is 1320. The number of aromatic carboxylic acids is 1. The molecule has 5 rings (SSSR count). The van der Waals surface area contributed by atoms with E-state index in [1.54, 1.807) is 0 Å². The molecular weight excluding hydrogens is 450 g/mol. The van der Waals surface area contributed by atoms with Gasteiger partial charge < -0.3 is 25.5 Å². The second kappa shape index (κ2) is 7.31. The first-order valence-electron chi connectivity index (χ1n) is 10.0. The van der Waals surface area contributed by atoms with Crippen molar-refractivity contribution in [2.45, 2.75) is 18.1 Å². The van der Waals surface area contributed by atoms with Crippen LogP contribution in [0.3, 0.4) is 0 Å². The van der Waals surface area contributed by atoms with E-state index in [1.807, 2.05) is 0 Å². The van der Waals surface area contributed by atoms with E-state index >= 15 is 0 Å². The normalized spacial score (nSPS) is 23.0. The van der Waals surface area contributed by atoms with Crippen molar-refractivity contribution in [1.29, 1.82) is 0 Å². The third kappa shape index (κ3) is 2.80. The van der Waals surface area contributed by atoms with E-state index in [4.69, 9.17) is 0 Å². The van der Waals surface area contributed by atoms with E-state index < -0.39 is 52.5 Å². The quantitative estimate of drug-likeness (QED) is 0.322. The van der Waals surface area contributed by atoms with Crippen molar-refractivity contribution in [2.24, 2.45) is 0 Å². The molecule has 0 bridgehead atoms. The molecule has 0 saturated carbocycles. The number of benzene rings is 2. The van der Waals surface area contributed by atoms with Gasteiger partial charge in [-0.3, -0.25) is 15.6 Å². The molecule has 0 spiro atoms. The number of carbonyl (C=O) groups is 1. The summed E-state index contributed by atoms with van der Waals surface area (Å²) in [6.07, 6.45) is 5.18. The van der Waals surface area contributed by atoms with Gasteiger partial charge in [-0.1, -0.05) is 18.2 Å². The monoisotopic (exact) mass is 469 g/mol. The summed E-state index contributed by atoms with van der Waals surface area (Å²) in [5, 5.41) is 86.2. The number of phenols is 2. The molecule has 12 heteroatoms. The summed E-state index contributed by atoms with van der Waals surface area (Å²) in [6.45, 7) is 0. The fourth-order valence-corrected chi connectivity index (χ4v) is 4.64. The van der Waals surface area contributed by atoms with Crippen molar-refractivity contribution < 1.29 is 45.9 Å². The smallest absolute Gasteiger partial charge is 0.338 e. The van der Waals surface area contributed by atoms with Crippen LogP contribution in [0.25, 0.3) is 5.76 Å². The summed E-state index contributed by atoms with van der Waals surface area (Å²) in [4.78, 5) is 11.9. The number of hydroxylamine groups is 3. The molecular formula is C22H19N3O9. The zero-order valence-corrected chi connectivity index (χ0v) is 17.2. The number of aliphatic hydroxyl groups is 2. The van der Waals surface area contributed by atoms with E-state index in [2.05, 4.69) is 0 Å². The number of aliphatic hydroxyl groups excluding tert-OH is 2. The Kier molecular flexibility index (Phi) is 4.61. The van der Waals surface area contributed by atoms with Gasteiger partial charge in [0.15, 0.2) is 0 Å². The van der Waals surface area contributed by atoms with Crippen LogP contribution in [-0.2, 0) is 0 Å². The second-order valence-electron chi connectivity index (χ2n) is 7.97. The minimum Gasteiger partial charge on any atom is -0.510 e. The van der Waals surface area contributed by atoms with Gasteiger partial charge >= 0.3 is 5.97 Å². The Morgan fingerprint density at radius 3 is 2.35 bits per heavy atom. The second-order valence-corrected chi connectivity index (χ2v) is 7.97. The van der Waals surface area contributed by atoms with Gasteiger partial charge in [0.25, 0.3) is 0 Å². The van der Waals surface area contributed by atoms with Crippen LogP contribution >= 0.6 is 0 Å². The van der Waals surface area contributed by atoms with Crippen LogP contribution in [-0.4, -0.2) is 59.2 Å². The molecule has 2 aliphatic heterocycles. The van der Waals surface area contributed by atoms with Crippen molar-refractivity contribution in [3.63, 3.8) is 0 Å². The number of fused-ring (bicyclic) bond motifs is 3. The first-order valence-corrected chi connectivity index (χ1v) is 10.0. The van der Waals surface area contributed by atoms with Crippen LogP contribution in [0, 0.1) is 0 Å². The lowest BCUT2D eigenvalue weighted by atomic mass is 9.89. The molecule has 3 unspecified atom stereocenters. The Labute approximate surface area is 191 Å². The van der Waals surface area contributed by atoms with Crippen molar-refractivity contribution in [2.75, 3.05) is 15.2 Å². The minimum absolute atomic E-state index is 0.0390. The Hall–Kier alpha value is -4.39. The maximum atomic E-state index is 11.9. The lowest BCUT2D eigenvalue weighted by Crippen LogP contribution is -2.56. The SMILES string of the molecule is O=C(O)c1cc(O)c(C2C=C(O)c3c(O)cccc3N2O)c2c1N(O)C1C=CC=C(O)C1N2O. The molecule has 0 saturated heterocycles.